The predicted molar refractivity (Wildman–Crippen MR) is 146 cm³/mol. The summed E-state index contributed by atoms with van der Waals surface area (Å²) in [7, 11) is 0. The Morgan fingerprint density at radius 1 is 0.784 bits per heavy atom. The van der Waals surface area contributed by atoms with Gasteiger partial charge >= 0.3 is 5.97 Å². The Bertz CT molecular complexity index is 1640. The number of aryl methyl sites for hydroxylation is 2. The zero-order valence-corrected chi connectivity index (χ0v) is 21.4. The molecular weight excluding hydrogens is 456 g/mol. The van der Waals surface area contributed by atoms with Gasteiger partial charge < -0.3 is 10.0 Å². The van der Waals surface area contributed by atoms with Crippen molar-refractivity contribution in [1.82, 2.24) is 4.58 Å². The maximum Gasteiger partial charge on any atom is 0.336 e. The Labute approximate surface area is 217 Å². The van der Waals surface area contributed by atoms with Crippen molar-refractivity contribution in [3.63, 3.8) is 0 Å². The average molecular weight is 490 g/mol. The third kappa shape index (κ3) is 3.08. The summed E-state index contributed by atoms with van der Waals surface area (Å²) < 4.78 is 2.64. The molecule has 0 saturated heterocycles. The Morgan fingerprint density at radius 3 is 2.41 bits per heavy atom. The second-order valence-electron chi connectivity index (χ2n) is 11.6. The molecule has 0 fully saturated rings. The first-order chi connectivity index (χ1) is 18.2. The van der Waals surface area contributed by atoms with Crippen molar-refractivity contribution in [2.24, 2.45) is 0 Å². The third-order valence-electron chi connectivity index (χ3n) is 9.61. The third-order valence-corrected chi connectivity index (χ3v) is 9.61. The summed E-state index contributed by atoms with van der Waals surface area (Å²) in [5.41, 5.74) is 14.2. The van der Waals surface area contributed by atoms with Gasteiger partial charge in [0.1, 0.15) is 13.1 Å². The molecule has 0 unspecified atom stereocenters. The molecule has 5 aliphatic rings. The fourth-order valence-corrected chi connectivity index (χ4v) is 8.20. The van der Waals surface area contributed by atoms with Crippen molar-refractivity contribution in [3.8, 4) is 0 Å². The van der Waals surface area contributed by atoms with Crippen LogP contribution in [0.4, 0.5) is 5.69 Å². The van der Waals surface area contributed by atoms with E-state index in [0.29, 0.717) is 5.56 Å². The molecule has 0 amide bonds. The molecule has 3 aromatic carbocycles. The van der Waals surface area contributed by atoms with E-state index in [1.165, 1.54) is 95.9 Å². The number of hydrogen-bond donors (Lipinski definition) is 1. The van der Waals surface area contributed by atoms with Crippen LogP contribution in [0.2, 0.25) is 0 Å². The molecule has 0 atom stereocenters. The summed E-state index contributed by atoms with van der Waals surface area (Å²) in [4.78, 5) is 15.1. The summed E-state index contributed by atoms with van der Waals surface area (Å²) in [5, 5.41) is 13.1. The van der Waals surface area contributed by atoms with Gasteiger partial charge in [-0.05, 0) is 107 Å². The Balaban J connectivity index is 1.54. The zero-order chi connectivity index (χ0) is 24.7. The first kappa shape index (κ1) is 21.7. The van der Waals surface area contributed by atoms with E-state index in [0.717, 1.165) is 43.2 Å². The van der Waals surface area contributed by atoms with Crippen molar-refractivity contribution in [1.29, 1.82) is 0 Å². The smallest absolute Gasteiger partial charge is 0.336 e. The monoisotopic (exact) mass is 489 g/mol. The Morgan fingerprint density at radius 2 is 1.54 bits per heavy atom. The number of aromatic carboxylic acids is 1. The minimum atomic E-state index is -0.840. The second kappa shape index (κ2) is 8.05. The molecule has 1 aliphatic carbocycles. The number of fused-ring (bicyclic) bond motifs is 4. The maximum absolute atomic E-state index is 12.5. The highest BCUT2D eigenvalue weighted by Gasteiger charge is 2.34. The lowest BCUT2D eigenvalue weighted by atomic mass is 9.74. The quantitative estimate of drug-likeness (QED) is 0.438. The molecule has 0 saturated carbocycles. The predicted octanol–water partition coefficient (Wildman–Crippen LogP) is 3.62. The van der Waals surface area contributed by atoms with Gasteiger partial charge in [-0.2, -0.15) is 0 Å². The van der Waals surface area contributed by atoms with Crippen LogP contribution in [0.3, 0.4) is 0 Å². The fourth-order valence-electron chi connectivity index (χ4n) is 8.20. The fraction of sp³-hybridized carbons (Fsp3) is 0.394. The van der Waals surface area contributed by atoms with Gasteiger partial charge in [-0.3, -0.25) is 0 Å². The zero-order valence-electron chi connectivity index (χ0n) is 21.4. The summed E-state index contributed by atoms with van der Waals surface area (Å²) in [5.74, 6) is -0.840. The van der Waals surface area contributed by atoms with Gasteiger partial charge in [-0.25, -0.2) is 9.37 Å². The first-order valence-corrected chi connectivity index (χ1v) is 14.2. The molecule has 4 heterocycles. The number of hydrogen-bond acceptors (Lipinski definition) is 2. The molecule has 37 heavy (non-hydrogen) atoms. The molecule has 0 aromatic heterocycles. The van der Waals surface area contributed by atoms with Crippen LogP contribution in [0.25, 0.3) is 5.57 Å². The highest BCUT2D eigenvalue weighted by Crippen LogP contribution is 2.43. The van der Waals surface area contributed by atoms with Gasteiger partial charge in [0, 0.05) is 42.7 Å². The number of anilines is 1. The molecule has 0 radical (unpaired) electrons. The van der Waals surface area contributed by atoms with E-state index in [1.807, 2.05) is 18.2 Å². The van der Waals surface area contributed by atoms with Crippen molar-refractivity contribution >= 4 is 17.2 Å². The summed E-state index contributed by atoms with van der Waals surface area (Å²) >= 11 is 0. The van der Waals surface area contributed by atoms with Gasteiger partial charge in [0.25, 0.3) is 0 Å². The lowest BCUT2D eigenvalue weighted by molar-refractivity contribution is 0.0696. The average Bonchev–Trinajstić information content (AvgIpc) is 2.93. The lowest BCUT2D eigenvalue weighted by Crippen LogP contribution is -2.46. The SMILES string of the molecule is O=C(O)c1ccccc1C1=c2cc3c4c(c2Cc2c1cc1c5c2CCCN5CCC1)CCC[N+]=4CCC3. The number of carboxylic acid groups (broad SMARTS) is 1. The summed E-state index contributed by atoms with van der Waals surface area (Å²) in [6, 6.07) is 12.6. The van der Waals surface area contributed by atoms with Gasteiger partial charge in [-0.1, -0.05) is 18.2 Å². The van der Waals surface area contributed by atoms with Crippen LogP contribution in [0.15, 0.2) is 36.4 Å². The molecule has 4 aliphatic heterocycles. The largest absolute Gasteiger partial charge is 0.478 e. The minimum absolute atomic E-state index is 0.414. The lowest BCUT2D eigenvalue weighted by Gasteiger charge is -2.40. The van der Waals surface area contributed by atoms with Gasteiger partial charge in [0.2, 0.25) is 5.36 Å². The van der Waals surface area contributed by atoms with Crippen LogP contribution >= 0.6 is 0 Å². The molecule has 1 N–H and O–H groups in total. The van der Waals surface area contributed by atoms with Crippen LogP contribution < -0.4 is 20.1 Å². The highest BCUT2D eigenvalue weighted by molar-refractivity contribution is 5.98. The van der Waals surface area contributed by atoms with Crippen molar-refractivity contribution in [2.45, 2.75) is 57.8 Å². The topological polar surface area (TPSA) is 43.5 Å². The molecule has 8 rings (SSSR count). The summed E-state index contributed by atoms with van der Waals surface area (Å²) in [6.07, 6.45) is 10.3. The van der Waals surface area contributed by atoms with Crippen molar-refractivity contribution in [2.75, 3.05) is 31.1 Å². The standard InChI is InChI=1S/C33H32N2O2/c36-33(37)25-10-2-1-9-22(25)30-28-17-20-7-3-13-34-15-5-11-23(31(20)34)26(28)19-27-24-12-6-16-35-14-4-8-21(32(24)35)18-29(27)30/h1-2,9-10,17-18H,3-8,11-16,19H2/p+1. The van der Waals surface area contributed by atoms with Crippen LogP contribution in [-0.4, -0.2) is 37.3 Å². The Hall–Kier alpha value is -3.40. The van der Waals surface area contributed by atoms with Gasteiger partial charge in [-0.15, -0.1) is 0 Å². The van der Waals surface area contributed by atoms with E-state index < -0.39 is 5.97 Å². The van der Waals surface area contributed by atoms with Gasteiger partial charge in [0.05, 0.1) is 5.56 Å². The first-order valence-electron chi connectivity index (χ1n) is 14.2. The van der Waals surface area contributed by atoms with E-state index >= 15 is 0 Å². The van der Waals surface area contributed by atoms with E-state index in [-0.39, 0.29) is 0 Å². The van der Waals surface area contributed by atoms with E-state index in [2.05, 4.69) is 21.6 Å². The van der Waals surface area contributed by atoms with Crippen LogP contribution in [0.1, 0.15) is 80.5 Å². The van der Waals surface area contributed by atoms with Crippen molar-refractivity contribution in [3.05, 3.63) is 97.0 Å². The number of benzene rings is 3. The second-order valence-corrected chi connectivity index (χ2v) is 11.6. The van der Waals surface area contributed by atoms with Crippen molar-refractivity contribution < 1.29 is 9.90 Å². The molecule has 0 spiro atoms. The van der Waals surface area contributed by atoms with E-state index in [1.54, 1.807) is 17.2 Å². The molecule has 186 valence electrons. The number of carbonyl (C=O) groups is 1. The molecule has 0 bridgehead atoms. The highest BCUT2D eigenvalue weighted by atomic mass is 16.4. The molecule has 4 nitrogen and oxygen atoms in total. The Kier molecular flexibility index (Phi) is 4.71. The summed E-state index contributed by atoms with van der Waals surface area (Å²) in [6.45, 7) is 4.67. The molecule has 4 heteroatoms. The number of carboxylic acids is 1. The van der Waals surface area contributed by atoms with Crippen LogP contribution in [0.5, 0.6) is 0 Å². The number of nitrogens with zero attached hydrogens (tertiary/aromatic N) is 2. The van der Waals surface area contributed by atoms with E-state index in [4.69, 9.17) is 0 Å². The van der Waals surface area contributed by atoms with E-state index in [9.17, 15) is 9.90 Å². The molecular formula is C33H33N2O2+. The number of rotatable bonds is 2. The minimum Gasteiger partial charge on any atom is -0.478 e. The maximum atomic E-state index is 12.5. The normalized spacial score (nSPS) is 19.1. The van der Waals surface area contributed by atoms with Crippen LogP contribution in [-0.2, 0) is 32.1 Å². The van der Waals surface area contributed by atoms with Crippen LogP contribution in [0, 0.1) is 0 Å². The molecule has 3 aromatic rings. The van der Waals surface area contributed by atoms with Gasteiger partial charge in [0.15, 0.2) is 0 Å².